The topological polar surface area (TPSA) is 101 Å². The first-order chi connectivity index (χ1) is 20.4. The molecule has 0 fully saturated rings. The Morgan fingerprint density at radius 3 is 1.14 bits per heavy atom. The monoisotopic (exact) mass is 594 g/mol. The van der Waals surface area contributed by atoms with E-state index in [-0.39, 0.29) is 5.92 Å². The number of unbranched alkanes of at least 4 members (excludes halogenated alkanes) is 20. The van der Waals surface area contributed by atoms with E-state index in [0.717, 1.165) is 32.1 Å². The van der Waals surface area contributed by atoms with E-state index in [9.17, 15) is 9.59 Å². The van der Waals surface area contributed by atoms with Gasteiger partial charge in [-0.05, 0) is 64.2 Å². The van der Waals surface area contributed by atoms with E-state index in [0.29, 0.717) is 6.42 Å². The molecule has 0 aromatic carbocycles. The van der Waals surface area contributed by atoms with Crippen LogP contribution in [0.3, 0.4) is 0 Å². The molecule has 0 amide bonds. The van der Waals surface area contributed by atoms with Gasteiger partial charge in [0, 0.05) is 0 Å². The highest BCUT2D eigenvalue weighted by molar-refractivity contribution is 5.72. The summed E-state index contributed by atoms with van der Waals surface area (Å²) in [7, 11) is 0. The van der Waals surface area contributed by atoms with Crippen molar-refractivity contribution in [1.82, 2.24) is 0 Å². The fourth-order valence-electron chi connectivity index (χ4n) is 4.85. The first-order valence-electron chi connectivity index (χ1n) is 17.9. The van der Waals surface area contributed by atoms with Crippen molar-refractivity contribution in [3.05, 3.63) is 24.3 Å². The molecule has 0 spiro atoms. The van der Waals surface area contributed by atoms with Crippen molar-refractivity contribution < 1.29 is 19.8 Å². The van der Waals surface area contributed by atoms with E-state index in [2.05, 4.69) is 38.2 Å². The molecule has 248 valence electrons. The number of rotatable bonds is 30. The number of hydrogen-bond donors (Lipinski definition) is 3. The van der Waals surface area contributed by atoms with Gasteiger partial charge in [0.05, 0.1) is 5.92 Å². The zero-order valence-electron chi connectivity index (χ0n) is 28.1. The molecule has 0 rings (SSSR count). The van der Waals surface area contributed by atoms with E-state index >= 15 is 0 Å². The molecule has 0 aromatic rings. The molecule has 0 aliphatic heterocycles. The van der Waals surface area contributed by atoms with Crippen LogP contribution in [0.4, 0.5) is 0 Å². The lowest BCUT2D eigenvalue weighted by Gasteiger charge is -2.05. The third kappa shape index (κ3) is 36.4. The van der Waals surface area contributed by atoms with Crippen molar-refractivity contribution >= 4 is 11.9 Å². The third-order valence-electron chi connectivity index (χ3n) is 7.91. The second-order valence-electron chi connectivity index (χ2n) is 12.2. The number of aliphatic carboxylic acids is 2. The molecule has 0 bridgehead atoms. The maximum atomic E-state index is 10.7. The normalized spacial score (nSPS) is 12.9. The van der Waals surface area contributed by atoms with Gasteiger partial charge < -0.3 is 15.9 Å². The maximum Gasteiger partial charge on any atom is 0.320 e. The zero-order chi connectivity index (χ0) is 31.5. The molecule has 42 heavy (non-hydrogen) atoms. The van der Waals surface area contributed by atoms with Gasteiger partial charge >= 0.3 is 11.9 Å². The summed E-state index contributed by atoms with van der Waals surface area (Å²) in [5.74, 6) is -1.72. The number of hydrogen-bond acceptors (Lipinski definition) is 3. The van der Waals surface area contributed by atoms with Gasteiger partial charge in [-0.3, -0.25) is 9.59 Å². The molecule has 2 atom stereocenters. The van der Waals surface area contributed by atoms with E-state index in [4.69, 9.17) is 15.9 Å². The Morgan fingerprint density at radius 1 is 0.500 bits per heavy atom. The lowest BCUT2D eigenvalue weighted by molar-refractivity contribution is -0.141. The van der Waals surface area contributed by atoms with Crippen LogP contribution in [-0.2, 0) is 9.59 Å². The van der Waals surface area contributed by atoms with Crippen molar-refractivity contribution in [2.24, 2.45) is 11.7 Å². The Labute approximate surface area is 261 Å². The second kappa shape index (κ2) is 35.6. The minimum absolute atomic E-state index is 0.178. The molecule has 0 aromatic heterocycles. The summed E-state index contributed by atoms with van der Waals surface area (Å²) in [6.45, 7) is 6.31. The maximum absolute atomic E-state index is 10.7. The van der Waals surface area contributed by atoms with Crippen molar-refractivity contribution in [1.29, 1.82) is 0 Å². The van der Waals surface area contributed by atoms with Gasteiger partial charge in [-0.15, -0.1) is 0 Å². The van der Waals surface area contributed by atoms with Gasteiger partial charge in [0.15, 0.2) is 0 Å². The van der Waals surface area contributed by atoms with Crippen LogP contribution in [-0.4, -0.2) is 28.2 Å². The molecule has 0 heterocycles. The Morgan fingerprint density at radius 2 is 0.810 bits per heavy atom. The van der Waals surface area contributed by atoms with Crippen LogP contribution in [0, 0.1) is 5.92 Å². The summed E-state index contributed by atoms with van der Waals surface area (Å²) < 4.78 is 0. The Hall–Kier alpha value is -1.62. The lowest BCUT2D eigenvalue weighted by atomic mass is 10.0. The predicted molar refractivity (Wildman–Crippen MR) is 182 cm³/mol. The van der Waals surface area contributed by atoms with Crippen molar-refractivity contribution in [3.63, 3.8) is 0 Å². The molecule has 0 radical (unpaired) electrons. The number of carboxylic acid groups (broad SMARTS) is 2. The highest BCUT2D eigenvalue weighted by atomic mass is 16.4. The van der Waals surface area contributed by atoms with Crippen LogP contribution < -0.4 is 5.73 Å². The van der Waals surface area contributed by atoms with Gasteiger partial charge in [0.1, 0.15) is 6.04 Å². The third-order valence-corrected chi connectivity index (χ3v) is 7.91. The summed E-state index contributed by atoms with van der Waals surface area (Å²) in [6, 6.07) is -0.678. The molecule has 4 N–H and O–H groups in total. The summed E-state index contributed by atoms with van der Waals surface area (Å²) in [4.78, 5) is 21.2. The number of carbonyl (C=O) groups is 2. The van der Waals surface area contributed by atoms with Crippen LogP contribution in [0.25, 0.3) is 0 Å². The predicted octanol–water partition coefficient (Wildman–Crippen LogP) is 11.4. The first-order valence-corrected chi connectivity index (χ1v) is 17.9. The van der Waals surface area contributed by atoms with Gasteiger partial charge in [0.2, 0.25) is 0 Å². The highest BCUT2D eigenvalue weighted by Gasteiger charge is 2.10. The fraction of sp³-hybridized carbons (Fsp3) is 0.838. The summed E-state index contributed by atoms with van der Waals surface area (Å²) in [5, 5.41) is 17.4. The largest absolute Gasteiger partial charge is 0.481 e. The average Bonchev–Trinajstić information content (AvgIpc) is 2.97. The average molecular weight is 594 g/mol. The van der Waals surface area contributed by atoms with E-state index in [1.54, 1.807) is 6.92 Å². The Bertz CT molecular complexity index is 577. The minimum Gasteiger partial charge on any atom is -0.481 e. The van der Waals surface area contributed by atoms with Crippen LogP contribution >= 0.6 is 0 Å². The van der Waals surface area contributed by atoms with Gasteiger partial charge in [0.25, 0.3) is 0 Å². The Balaban J connectivity index is 0. The first kappa shape index (κ1) is 42.5. The molecule has 0 saturated heterocycles. The SMILES string of the molecule is CCCCCCCC/C=C\CCCCCCC(C)C(=O)O.CCCCCCCC/C=C\CCCCCCC(N)C(=O)O. The number of allylic oxidation sites excluding steroid dienone is 4. The van der Waals surface area contributed by atoms with Gasteiger partial charge in [-0.2, -0.15) is 0 Å². The standard InChI is InChI=1S/C19H36O2.C18H35NO2/c1-3-4-5-6-7-8-9-10-11-12-13-14-15-16-17-18(2)19(20)21;1-2-3-4-5-6-7-8-9-10-11-12-13-14-15-16-17(19)18(20)21/h10-11,18H,3-9,12-17H2,1-2H3,(H,20,21);9-10,17H,2-8,11-16,19H2,1H3,(H,20,21)/b11-10-;10-9-. The van der Waals surface area contributed by atoms with Gasteiger partial charge in [-0.25, -0.2) is 0 Å². The zero-order valence-corrected chi connectivity index (χ0v) is 28.1. The number of nitrogens with two attached hydrogens (primary N) is 1. The van der Waals surface area contributed by atoms with Crippen LogP contribution in [0.1, 0.15) is 188 Å². The summed E-state index contributed by atoms with van der Waals surface area (Å²) in [6.07, 6.45) is 41.0. The lowest BCUT2D eigenvalue weighted by Crippen LogP contribution is -2.29. The molecule has 0 aliphatic carbocycles. The second-order valence-corrected chi connectivity index (χ2v) is 12.2. The van der Waals surface area contributed by atoms with Crippen LogP contribution in [0.15, 0.2) is 24.3 Å². The van der Waals surface area contributed by atoms with E-state index < -0.39 is 18.0 Å². The van der Waals surface area contributed by atoms with Crippen molar-refractivity contribution in [2.45, 2.75) is 194 Å². The quantitative estimate of drug-likeness (QED) is 0.0568. The molecule has 5 nitrogen and oxygen atoms in total. The molecule has 2 unspecified atom stereocenters. The number of carboxylic acids is 2. The van der Waals surface area contributed by atoms with Gasteiger partial charge in [-0.1, -0.05) is 148 Å². The highest BCUT2D eigenvalue weighted by Crippen LogP contribution is 2.13. The van der Waals surface area contributed by atoms with Crippen molar-refractivity contribution in [3.8, 4) is 0 Å². The molecular formula is C37H71NO4. The summed E-state index contributed by atoms with van der Waals surface area (Å²) in [5.41, 5.74) is 5.45. The molecule has 0 aliphatic rings. The molecular weight excluding hydrogens is 522 g/mol. The van der Waals surface area contributed by atoms with E-state index in [1.807, 2.05) is 0 Å². The molecule has 5 heteroatoms. The van der Waals surface area contributed by atoms with E-state index in [1.165, 1.54) is 128 Å². The minimum atomic E-state index is -0.882. The van der Waals surface area contributed by atoms with Crippen LogP contribution in [0.5, 0.6) is 0 Å². The molecule has 0 saturated carbocycles. The van der Waals surface area contributed by atoms with Crippen LogP contribution in [0.2, 0.25) is 0 Å². The Kier molecular flexibility index (Phi) is 36.0. The summed E-state index contributed by atoms with van der Waals surface area (Å²) >= 11 is 0. The van der Waals surface area contributed by atoms with Crippen molar-refractivity contribution in [2.75, 3.05) is 0 Å². The smallest absolute Gasteiger partial charge is 0.320 e. The fourth-order valence-corrected chi connectivity index (χ4v) is 4.85.